The summed E-state index contributed by atoms with van der Waals surface area (Å²) >= 11 is 0. The molecule has 10 heteroatoms. The van der Waals surface area contributed by atoms with Crippen LogP contribution < -0.4 is 15.0 Å². The molecule has 4 aromatic rings. The van der Waals surface area contributed by atoms with Gasteiger partial charge in [-0.2, -0.15) is 15.2 Å². The Morgan fingerprint density at radius 3 is 2.56 bits per heavy atom. The number of hydrogen-bond donors (Lipinski definition) is 2. The summed E-state index contributed by atoms with van der Waals surface area (Å²) in [5.41, 5.74) is 0.932. The number of nitrogens with zero attached hydrogens (tertiary/aromatic N) is 6. The number of aromatic nitrogens is 3. The first-order chi connectivity index (χ1) is 21.0. The van der Waals surface area contributed by atoms with Crippen molar-refractivity contribution in [3.63, 3.8) is 0 Å². The van der Waals surface area contributed by atoms with Gasteiger partial charge in [-0.05, 0) is 74.5 Å². The molecule has 2 atom stereocenters. The van der Waals surface area contributed by atoms with Crippen molar-refractivity contribution in [3.05, 3.63) is 48.4 Å². The fraction of sp³-hybridized carbons (Fsp3) is 0.455. The van der Waals surface area contributed by atoms with Gasteiger partial charge in [0.2, 0.25) is 0 Å². The van der Waals surface area contributed by atoms with Crippen molar-refractivity contribution in [2.45, 2.75) is 63.1 Å². The van der Waals surface area contributed by atoms with Gasteiger partial charge < -0.3 is 20.1 Å². The molecular weight excluding hydrogens is 545 g/mol. The average Bonchev–Trinajstić information content (AvgIpc) is 3.69. The topological polar surface area (TPSA) is 110 Å². The molecule has 0 saturated carbocycles. The standard InChI is InChI=1S/C31H33FN6O2.C2H3N/c32-26-27(24-14-22(39)13-19-5-1-2-6-23(19)24)33-15-25-28(26)35-30(40-18-31-9-3-11-38(31)12-4-10-31)36-29(25)37-16-20-7-8-21(17-37)34-20;1-2-3/h1-2,5-6,13-15,20-21,34,39H,3-4,7-12,16-18H2;1H3. The van der Waals surface area contributed by atoms with Gasteiger partial charge in [-0.15, -0.1) is 0 Å². The highest BCUT2D eigenvalue weighted by Gasteiger charge is 2.45. The van der Waals surface area contributed by atoms with Crippen LogP contribution in [0.15, 0.2) is 42.6 Å². The first kappa shape index (κ1) is 27.7. The van der Waals surface area contributed by atoms with Crippen molar-refractivity contribution in [2.24, 2.45) is 0 Å². The van der Waals surface area contributed by atoms with Crippen LogP contribution in [0.3, 0.4) is 0 Å². The zero-order valence-electron chi connectivity index (χ0n) is 24.4. The van der Waals surface area contributed by atoms with Gasteiger partial charge in [0.25, 0.3) is 0 Å². The van der Waals surface area contributed by atoms with Crippen LogP contribution >= 0.6 is 0 Å². The molecule has 222 valence electrons. The molecule has 9 nitrogen and oxygen atoms in total. The van der Waals surface area contributed by atoms with Crippen molar-refractivity contribution >= 4 is 27.5 Å². The fourth-order valence-electron chi connectivity index (χ4n) is 7.64. The SMILES string of the molecule is CC#N.Oc1cc(-c2ncc3c(N4CC5CCC(C4)N5)nc(OCC45CCCN4CCC5)nc3c2F)c2ccccc2c1. The lowest BCUT2D eigenvalue weighted by molar-refractivity contribution is 0.108. The number of nitrogens with one attached hydrogen (secondary N) is 1. The Bertz CT molecular complexity index is 1700. The summed E-state index contributed by atoms with van der Waals surface area (Å²) in [5.74, 6) is 0.223. The van der Waals surface area contributed by atoms with Gasteiger partial charge in [-0.3, -0.25) is 9.88 Å². The van der Waals surface area contributed by atoms with Gasteiger partial charge in [0.1, 0.15) is 29.4 Å². The van der Waals surface area contributed by atoms with Crippen LogP contribution in [0, 0.1) is 17.1 Å². The summed E-state index contributed by atoms with van der Waals surface area (Å²) in [6.07, 6.45) is 8.53. The van der Waals surface area contributed by atoms with Crippen LogP contribution in [0.2, 0.25) is 0 Å². The zero-order valence-corrected chi connectivity index (χ0v) is 24.4. The highest BCUT2D eigenvalue weighted by molar-refractivity contribution is 5.99. The molecule has 0 aliphatic carbocycles. The van der Waals surface area contributed by atoms with Crippen LogP contribution in [0.1, 0.15) is 45.4 Å². The summed E-state index contributed by atoms with van der Waals surface area (Å²) < 4.78 is 22.9. The Morgan fingerprint density at radius 1 is 1.09 bits per heavy atom. The molecule has 0 radical (unpaired) electrons. The van der Waals surface area contributed by atoms with E-state index in [0.29, 0.717) is 35.5 Å². The van der Waals surface area contributed by atoms with Crippen LogP contribution in [0.4, 0.5) is 10.2 Å². The van der Waals surface area contributed by atoms with Gasteiger partial charge >= 0.3 is 6.01 Å². The van der Waals surface area contributed by atoms with Gasteiger partial charge in [-0.25, -0.2) is 4.39 Å². The summed E-state index contributed by atoms with van der Waals surface area (Å²) in [5, 5.41) is 23.6. The Hall–Kier alpha value is -4.07. The van der Waals surface area contributed by atoms with Crippen molar-refractivity contribution in [2.75, 3.05) is 37.7 Å². The smallest absolute Gasteiger partial charge is 0.319 e. The van der Waals surface area contributed by atoms with Crippen molar-refractivity contribution < 1.29 is 14.2 Å². The average molecular weight is 582 g/mol. The largest absolute Gasteiger partial charge is 0.508 e. The predicted molar refractivity (Wildman–Crippen MR) is 164 cm³/mol. The highest BCUT2D eigenvalue weighted by Crippen LogP contribution is 2.40. The van der Waals surface area contributed by atoms with E-state index in [1.54, 1.807) is 24.4 Å². The lowest BCUT2D eigenvalue weighted by Crippen LogP contribution is -2.51. The number of aromatic hydroxyl groups is 1. The number of phenols is 1. The third kappa shape index (κ3) is 5.00. The number of benzene rings is 2. The molecule has 4 fully saturated rings. The van der Waals surface area contributed by atoms with Crippen molar-refractivity contribution in [3.8, 4) is 29.1 Å². The molecule has 2 N–H and O–H groups in total. The van der Waals surface area contributed by atoms with E-state index < -0.39 is 5.82 Å². The number of pyridine rings is 1. The zero-order chi connectivity index (χ0) is 29.6. The molecule has 0 amide bonds. The summed E-state index contributed by atoms with van der Waals surface area (Å²) in [4.78, 5) is 19.0. The molecule has 6 heterocycles. The highest BCUT2D eigenvalue weighted by atomic mass is 19.1. The summed E-state index contributed by atoms with van der Waals surface area (Å²) in [7, 11) is 0. The monoisotopic (exact) mass is 581 g/mol. The van der Waals surface area contributed by atoms with E-state index in [-0.39, 0.29) is 28.5 Å². The van der Waals surface area contributed by atoms with Crippen LogP contribution in [-0.2, 0) is 0 Å². The van der Waals surface area contributed by atoms with Gasteiger partial charge in [0.05, 0.1) is 17.0 Å². The number of nitriles is 1. The molecule has 2 aromatic heterocycles. The fourth-order valence-corrected chi connectivity index (χ4v) is 7.64. The molecule has 4 aliphatic rings. The first-order valence-corrected chi connectivity index (χ1v) is 15.3. The maximum absolute atomic E-state index is 16.5. The molecule has 8 rings (SSSR count). The second-order valence-electron chi connectivity index (χ2n) is 12.2. The normalized spacial score (nSPS) is 22.3. The number of rotatable bonds is 5. The molecule has 4 aliphatic heterocycles. The number of ether oxygens (including phenoxy) is 1. The third-order valence-corrected chi connectivity index (χ3v) is 9.54. The van der Waals surface area contributed by atoms with E-state index in [2.05, 4.69) is 25.1 Å². The Kier molecular flexibility index (Phi) is 7.23. The second kappa shape index (κ2) is 11.2. The molecule has 2 unspecified atom stereocenters. The predicted octanol–water partition coefficient (Wildman–Crippen LogP) is 5.17. The van der Waals surface area contributed by atoms with E-state index in [0.717, 1.165) is 62.6 Å². The third-order valence-electron chi connectivity index (χ3n) is 9.54. The van der Waals surface area contributed by atoms with Gasteiger partial charge in [-0.1, -0.05) is 24.3 Å². The van der Waals surface area contributed by atoms with Gasteiger partial charge in [0.15, 0.2) is 5.82 Å². The molecule has 4 saturated heterocycles. The quantitative estimate of drug-likeness (QED) is 0.330. The minimum absolute atomic E-state index is 0.0368. The van der Waals surface area contributed by atoms with E-state index in [1.165, 1.54) is 19.8 Å². The molecule has 2 bridgehead atoms. The number of halogens is 1. The number of anilines is 1. The first-order valence-electron chi connectivity index (χ1n) is 15.3. The minimum Gasteiger partial charge on any atom is -0.508 e. The van der Waals surface area contributed by atoms with E-state index in [1.807, 2.05) is 24.3 Å². The molecule has 2 aromatic carbocycles. The lowest BCUT2D eigenvalue weighted by Gasteiger charge is -2.34. The number of piperazine rings is 1. The molecule has 0 spiro atoms. The molecular formula is C33H36FN7O2. The number of hydrogen-bond acceptors (Lipinski definition) is 9. The van der Waals surface area contributed by atoms with E-state index >= 15 is 4.39 Å². The number of phenolic OH excluding ortho intramolecular Hbond substituents is 1. The minimum atomic E-state index is -0.526. The second-order valence-corrected chi connectivity index (χ2v) is 12.2. The number of fused-ring (bicyclic) bond motifs is 5. The van der Waals surface area contributed by atoms with Crippen LogP contribution in [-0.4, -0.2) is 75.4 Å². The van der Waals surface area contributed by atoms with E-state index in [4.69, 9.17) is 15.0 Å². The maximum atomic E-state index is 16.5. The Labute approximate surface area is 250 Å². The lowest BCUT2D eigenvalue weighted by atomic mass is 9.95. The summed E-state index contributed by atoms with van der Waals surface area (Å²) in [6, 6.07) is 13.6. The Morgan fingerprint density at radius 2 is 1.81 bits per heavy atom. The molecule has 43 heavy (non-hydrogen) atoms. The van der Waals surface area contributed by atoms with Crippen molar-refractivity contribution in [1.29, 1.82) is 5.26 Å². The van der Waals surface area contributed by atoms with Crippen LogP contribution in [0.5, 0.6) is 11.8 Å². The summed E-state index contributed by atoms with van der Waals surface area (Å²) in [6.45, 7) is 5.78. The van der Waals surface area contributed by atoms with Gasteiger partial charge in [0, 0.05) is 43.9 Å². The van der Waals surface area contributed by atoms with E-state index in [9.17, 15) is 5.11 Å². The van der Waals surface area contributed by atoms with Crippen LogP contribution in [0.25, 0.3) is 32.9 Å². The Balaban J connectivity index is 0.000000963. The maximum Gasteiger partial charge on any atom is 0.319 e. The van der Waals surface area contributed by atoms with Crippen molar-refractivity contribution in [1.82, 2.24) is 25.2 Å².